The Morgan fingerprint density at radius 3 is 2.57 bits per heavy atom. The van der Waals surface area contributed by atoms with E-state index in [-0.39, 0.29) is 18.0 Å². The first-order valence-electron chi connectivity index (χ1n) is 14.6. The Labute approximate surface area is 267 Å². The molecule has 3 aromatic heterocycles. The van der Waals surface area contributed by atoms with Crippen LogP contribution in [0.4, 0.5) is 28.7 Å². The van der Waals surface area contributed by atoms with E-state index in [1.165, 1.54) is 23.5 Å². The largest absolute Gasteiger partial charge is 0.378 e. The molecule has 6 aromatic rings. The Morgan fingerprint density at radius 2 is 1.78 bits per heavy atom. The van der Waals surface area contributed by atoms with Gasteiger partial charge in [0.1, 0.15) is 5.69 Å². The minimum absolute atomic E-state index is 0.0163. The number of fused-ring (bicyclic) bond motifs is 1. The molecule has 1 aliphatic rings. The number of morpholine rings is 1. The zero-order valence-corrected chi connectivity index (χ0v) is 25.3. The van der Waals surface area contributed by atoms with Crippen molar-refractivity contribution < 1.29 is 14.5 Å². The number of carbonyl (C=O) groups is 1. The summed E-state index contributed by atoms with van der Waals surface area (Å²) in [5, 5.41) is 19.2. The number of carbonyl (C=O) groups excluding carboxylic acids is 1. The molecule has 1 saturated heterocycles. The monoisotopic (exact) mass is 632 g/mol. The van der Waals surface area contributed by atoms with Gasteiger partial charge in [0.2, 0.25) is 11.9 Å². The molecule has 0 saturated carbocycles. The van der Waals surface area contributed by atoms with Gasteiger partial charge in [-0.15, -0.1) is 11.3 Å². The SMILES string of the molecule is O=C(Cc1ccc([N+](=O)[O-])cc1)Nc1cccc(-c2nc3sccn3c2-c2ccnc(Nc3ccc(N4CCOCC4)cc3)n2)c1. The topological polar surface area (TPSA) is 140 Å². The van der Waals surface area contributed by atoms with Crippen LogP contribution in [0.1, 0.15) is 5.56 Å². The minimum atomic E-state index is -0.465. The number of thiazole rings is 1. The molecule has 0 bridgehead atoms. The van der Waals surface area contributed by atoms with Crippen LogP contribution >= 0.6 is 11.3 Å². The molecule has 0 atom stereocenters. The van der Waals surface area contributed by atoms with Crippen LogP contribution in [0, 0.1) is 10.1 Å². The molecule has 1 amide bonds. The van der Waals surface area contributed by atoms with Crippen LogP contribution < -0.4 is 15.5 Å². The zero-order chi connectivity index (χ0) is 31.5. The van der Waals surface area contributed by atoms with Gasteiger partial charge in [-0.05, 0) is 48.0 Å². The number of ether oxygens (including phenoxy) is 1. The summed E-state index contributed by atoms with van der Waals surface area (Å²) in [4.78, 5) is 40.6. The summed E-state index contributed by atoms with van der Waals surface area (Å²) in [5.74, 6) is 0.224. The molecule has 0 radical (unpaired) electrons. The Bertz CT molecular complexity index is 2020. The number of hydrogen-bond acceptors (Lipinski definition) is 10. The van der Waals surface area contributed by atoms with Crippen LogP contribution in [0.15, 0.2) is 96.6 Å². The number of rotatable bonds is 9. The molecule has 1 aliphatic heterocycles. The molecule has 46 heavy (non-hydrogen) atoms. The van der Waals surface area contributed by atoms with Crippen molar-refractivity contribution in [3.8, 4) is 22.6 Å². The third-order valence-electron chi connectivity index (χ3n) is 7.59. The van der Waals surface area contributed by atoms with Crippen molar-refractivity contribution in [1.82, 2.24) is 19.4 Å². The number of hydrogen-bond donors (Lipinski definition) is 2. The summed E-state index contributed by atoms with van der Waals surface area (Å²) in [5.41, 5.74) is 6.32. The molecule has 230 valence electrons. The maximum absolute atomic E-state index is 12.8. The molecule has 12 nitrogen and oxygen atoms in total. The molecule has 13 heteroatoms. The first-order valence-corrected chi connectivity index (χ1v) is 15.5. The fraction of sp³-hybridized carbons (Fsp3) is 0.152. The van der Waals surface area contributed by atoms with Gasteiger partial charge in [-0.2, -0.15) is 0 Å². The number of nitro benzene ring substituents is 1. The van der Waals surface area contributed by atoms with Crippen molar-refractivity contribution in [3.63, 3.8) is 0 Å². The van der Waals surface area contributed by atoms with Crippen molar-refractivity contribution in [1.29, 1.82) is 0 Å². The van der Waals surface area contributed by atoms with E-state index in [1.807, 2.05) is 58.4 Å². The lowest BCUT2D eigenvalue weighted by Crippen LogP contribution is -2.36. The Balaban J connectivity index is 1.12. The van der Waals surface area contributed by atoms with Gasteiger partial charge in [0.05, 0.1) is 35.9 Å². The van der Waals surface area contributed by atoms with Crippen LogP contribution in [0.5, 0.6) is 0 Å². The maximum Gasteiger partial charge on any atom is 0.269 e. The minimum Gasteiger partial charge on any atom is -0.378 e. The van der Waals surface area contributed by atoms with E-state index in [0.717, 1.165) is 59.6 Å². The van der Waals surface area contributed by atoms with Gasteiger partial charge in [-0.1, -0.05) is 24.3 Å². The van der Waals surface area contributed by atoms with Gasteiger partial charge >= 0.3 is 0 Å². The Kier molecular flexibility index (Phi) is 8.06. The highest BCUT2D eigenvalue weighted by Gasteiger charge is 2.19. The second kappa shape index (κ2) is 12.8. The van der Waals surface area contributed by atoms with Crippen molar-refractivity contribution in [2.75, 3.05) is 41.8 Å². The van der Waals surface area contributed by atoms with Gasteiger partial charge in [0.15, 0.2) is 4.96 Å². The number of nitrogens with one attached hydrogen (secondary N) is 2. The average Bonchev–Trinajstić information content (AvgIpc) is 3.68. The summed E-state index contributed by atoms with van der Waals surface area (Å²) in [6, 6.07) is 23.5. The second-order valence-corrected chi connectivity index (χ2v) is 11.5. The van der Waals surface area contributed by atoms with Crippen molar-refractivity contribution in [2.45, 2.75) is 6.42 Å². The predicted octanol–water partition coefficient (Wildman–Crippen LogP) is 6.19. The van der Waals surface area contributed by atoms with Gasteiger partial charge in [0.25, 0.3) is 5.69 Å². The van der Waals surface area contributed by atoms with Crippen molar-refractivity contribution >= 4 is 50.9 Å². The van der Waals surface area contributed by atoms with E-state index >= 15 is 0 Å². The zero-order valence-electron chi connectivity index (χ0n) is 24.5. The van der Waals surface area contributed by atoms with E-state index in [9.17, 15) is 14.9 Å². The Morgan fingerprint density at radius 1 is 0.978 bits per heavy atom. The van der Waals surface area contributed by atoms with E-state index < -0.39 is 4.92 Å². The van der Waals surface area contributed by atoms with Crippen LogP contribution in [0.25, 0.3) is 27.6 Å². The number of amides is 1. The van der Waals surface area contributed by atoms with E-state index in [0.29, 0.717) is 22.9 Å². The van der Waals surface area contributed by atoms with Crippen molar-refractivity contribution in [3.05, 3.63) is 112 Å². The molecule has 3 aromatic carbocycles. The summed E-state index contributed by atoms with van der Waals surface area (Å²) in [6.07, 6.45) is 3.76. The number of benzene rings is 3. The number of nitro groups is 1. The van der Waals surface area contributed by atoms with E-state index in [2.05, 4.69) is 32.7 Å². The second-order valence-electron chi connectivity index (χ2n) is 10.6. The maximum atomic E-state index is 12.8. The number of nitrogens with zero attached hydrogens (tertiary/aromatic N) is 6. The first kappa shape index (κ1) is 29.1. The van der Waals surface area contributed by atoms with Crippen molar-refractivity contribution in [2.24, 2.45) is 0 Å². The van der Waals surface area contributed by atoms with Crippen LogP contribution in [-0.4, -0.2) is 56.5 Å². The number of non-ortho nitro benzene ring substituents is 1. The van der Waals surface area contributed by atoms with Gasteiger partial charge in [-0.25, -0.2) is 15.0 Å². The number of anilines is 4. The highest BCUT2D eigenvalue weighted by molar-refractivity contribution is 7.15. The smallest absolute Gasteiger partial charge is 0.269 e. The molecule has 0 unspecified atom stereocenters. The van der Waals surface area contributed by atoms with Gasteiger partial charge in [0, 0.05) is 65.6 Å². The lowest BCUT2D eigenvalue weighted by molar-refractivity contribution is -0.384. The normalized spacial score (nSPS) is 13.1. The lowest BCUT2D eigenvalue weighted by atomic mass is 10.1. The summed E-state index contributed by atoms with van der Waals surface area (Å²) >= 11 is 1.52. The summed E-state index contributed by atoms with van der Waals surface area (Å²) in [6.45, 7) is 3.22. The molecule has 0 spiro atoms. The summed E-state index contributed by atoms with van der Waals surface area (Å²) in [7, 11) is 0. The first-order chi connectivity index (χ1) is 22.5. The average molecular weight is 633 g/mol. The Hall–Kier alpha value is -5.66. The van der Waals surface area contributed by atoms with Crippen LogP contribution in [0.3, 0.4) is 0 Å². The predicted molar refractivity (Wildman–Crippen MR) is 178 cm³/mol. The summed E-state index contributed by atoms with van der Waals surface area (Å²) < 4.78 is 7.47. The molecule has 1 fully saturated rings. The van der Waals surface area contributed by atoms with Gasteiger partial charge < -0.3 is 20.3 Å². The van der Waals surface area contributed by atoms with Crippen LogP contribution in [0.2, 0.25) is 0 Å². The standard InChI is InChI=1S/C33H28N8O4S/c42-29(20-22-4-8-27(9-5-22)41(43)44)35-25-3-1-2-23(21-25)30-31(40-16-19-46-33(40)38-30)28-12-13-34-32(37-28)36-24-6-10-26(11-7-24)39-14-17-45-18-15-39/h1-13,16,19,21H,14-15,17-18,20H2,(H,35,42)(H,34,36,37). The number of aromatic nitrogens is 4. The molecule has 4 heterocycles. The van der Waals surface area contributed by atoms with Gasteiger partial charge in [-0.3, -0.25) is 19.3 Å². The number of imidazole rings is 1. The van der Waals surface area contributed by atoms with E-state index in [1.54, 1.807) is 18.3 Å². The fourth-order valence-electron chi connectivity index (χ4n) is 5.36. The third kappa shape index (κ3) is 6.27. The van der Waals surface area contributed by atoms with E-state index in [4.69, 9.17) is 14.7 Å². The fourth-order valence-corrected chi connectivity index (χ4v) is 6.07. The quantitative estimate of drug-likeness (QED) is 0.141. The molecule has 0 aliphatic carbocycles. The molecular weight excluding hydrogens is 604 g/mol. The molecule has 7 rings (SSSR count). The third-order valence-corrected chi connectivity index (χ3v) is 8.35. The highest BCUT2D eigenvalue weighted by Crippen LogP contribution is 2.35. The van der Waals surface area contributed by atoms with Crippen LogP contribution in [-0.2, 0) is 16.0 Å². The molecular formula is C33H28N8O4S. The highest BCUT2D eigenvalue weighted by atomic mass is 32.1. The lowest BCUT2D eigenvalue weighted by Gasteiger charge is -2.28. The molecule has 2 N–H and O–H groups in total.